The summed E-state index contributed by atoms with van der Waals surface area (Å²) in [5.74, 6) is 0.601. The third kappa shape index (κ3) is 4.88. The first-order valence-electron chi connectivity index (χ1n) is 11.1. The second-order valence-electron chi connectivity index (χ2n) is 8.55. The maximum Gasteiger partial charge on any atom is 0.240 e. The van der Waals surface area contributed by atoms with Gasteiger partial charge in [0.1, 0.15) is 5.54 Å². The van der Waals surface area contributed by atoms with Crippen molar-refractivity contribution in [2.24, 2.45) is 0 Å². The molecule has 154 valence electrons. The summed E-state index contributed by atoms with van der Waals surface area (Å²) in [6.07, 6.45) is 6.32. The molecule has 4 nitrogen and oxygen atoms in total. The van der Waals surface area contributed by atoms with Crippen LogP contribution in [0.4, 0.5) is 0 Å². The molecule has 2 aromatic rings. The van der Waals surface area contributed by atoms with Gasteiger partial charge >= 0.3 is 0 Å². The highest BCUT2D eigenvalue weighted by Gasteiger charge is 2.41. The Hall–Kier alpha value is -2.17. The predicted octanol–water partition coefficient (Wildman–Crippen LogP) is 3.74. The van der Waals surface area contributed by atoms with Gasteiger partial charge < -0.3 is 10.6 Å². The van der Waals surface area contributed by atoms with E-state index in [1.807, 2.05) is 6.07 Å². The van der Waals surface area contributed by atoms with Gasteiger partial charge in [0.25, 0.3) is 0 Å². The minimum atomic E-state index is -0.486. The summed E-state index contributed by atoms with van der Waals surface area (Å²) < 4.78 is 0. The van der Waals surface area contributed by atoms with Crippen molar-refractivity contribution in [2.45, 2.75) is 62.6 Å². The number of amides is 1. The van der Waals surface area contributed by atoms with Crippen molar-refractivity contribution < 1.29 is 4.79 Å². The Morgan fingerprint density at radius 2 is 1.59 bits per heavy atom. The van der Waals surface area contributed by atoms with E-state index in [2.05, 4.69) is 70.5 Å². The monoisotopic (exact) mass is 391 g/mol. The van der Waals surface area contributed by atoms with Gasteiger partial charge in [-0.15, -0.1) is 0 Å². The molecule has 0 radical (unpaired) electrons. The lowest BCUT2D eigenvalue weighted by Crippen LogP contribution is -2.63. The number of rotatable bonds is 6. The second-order valence-corrected chi connectivity index (χ2v) is 8.55. The molecule has 2 aromatic carbocycles. The quantitative estimate of drug-likeness (QED) is 0.703. The topological polar surface area (TPSA) is 53.2 Å². The number of piperidine rings is 1. The molecule has 4 rings (SSSR count). The molecule has 3 N–H and O–H groups in total. The zero-order chi connectivity index (χ0) is 19.9. The van der Waals surface area contributed by atoms with Gasteiger partial charge in [-0.3, -0.25) is 10.1 Å². The van der Waals surface area contributed by atoms with Crippen molar-refractivity contribution in [3.8, 4) is 0 Å². The molecule has 1 amide bonds. The molecule has 1 saturated carbocycles. The Kier molecular flexibility index (Phi) is 6.63. The third-order valence-corrected chi connectivity index (χ3v) is 6.68. The van der Waals surface area contributed by atoms with Crippen molar-refractivity contribution in [3.63, 3.8) is 0 Å². The van der Waals surface area contributed by atoms with E-state index < -0.39 is 5.54 Å². The number of hydrogen-bond acceptors (Lipinski definition) is 3. The van der Waals surface area contributed by atoms with Crippen LogP contribution >= 0.6 is 0 Å². The van der Waals surface area contributed by atoms with Crippen LogP contribution in [0, 0.1) is 0 Å². The molecule has 2 aliphatic rings. The predicted molar refractivity (Wildman–Crippen MR) is 118 cm³/mol. The Morgan fingerprint density at radius 1 is 0.931 bits per heavy atom. The van der Waals surface area contributed by atoms with E-state index in [0.29, 0.717) is 5.92 Å². The van der Waals surface area contributed by atoms with E-state index in [-0.39, 0.29) is 11.9 Å². The zero-order valence-corrected chi connectivity index (χ0v) is 17.2. The Balaban J connectivity index is 1.48. The average molecular weight is 392 g/mol. The zero-order valence-electron chi connectivity index (χ0n) is 17.2. The normalized spacial score (nSPS) is 24.0. The Morgan fingerprint density at radius 3 is 2.31 bits per heavy atom. The molecule has 1 saturated heterocycles. The fraction of sp³-hybridized carbons (Fsp3) is 0.480. The molecule has 0 bridgehead atoms. The van der Waals surface area contributed by atoms with Crippen LogP contribution in [-0.4, -0.2) is 30.6 Å². The number of hydrogen-bond donors (Lipinski definition) is 3. The van der Waals surface area contributed by atoms with Gasteiger partial charge in [-0.05, 0) is 49.9 Å². The number of carbonyl (C=O) groups excluding carboxylic acids is 1. The summed E-state index contributed by atoms with van der Waals surface area (Å²) >= 11 is 0. The molecule has 2 atom stereocenters. The van der Waals surface area contributed by atoms with Crippen molar-refractivity contribution in [3.05, 3.63) is 71.8 Å². The molecular weight excluding hydrogens is 358 g/mol. The number of benzene rings is 2. The van der Waals surface area contributed by atoms with Gasteiger partial charge in [0.15, 0.2) is 0 Å². The minimum Gasteiger partial charge on any atom is -0.351 e. The van der Waals surface area contributed by atoms with Crippen LogP contribution in [0.25, 0.3) is 0 Å². The lowest BCUT2D eigenvalue weighted by Gasteiger charge is -2.40. The number of carbonyl (C=O) groups is 1. The first kappa shape index (κ1) is 20.1. The molecule has 2 fully saturated rings. The van der Waals surface area contributed by atoms with E-state index in [0.717, 1.165) is 45.3 Å². The largest absolute Gasteiger partial charge is 0.351 e. The molecule has 1 aliphatic carbocycles. The van der Waals surface area contributed by atoms with E-state index >= 15 is 0 Å². The summed E-state index contributed by atoms with van der Waals surface area (Å²) in [5.41, 5.74) is 2.09. The third-order valence-electron chi connectivity index (χ3n) is 6.68. The van der Waals surface area contributed by atoms with Crippen LogP contribution in [0.3, 0.4) is 0 Å². The minimum absolute atomic E-state index is 0.183. The lowest BCUT2D eigenvalue weighted by atomic mass is 9.79. The Bertz CT molecular complexity index is 771. The van der Waals surface area contributed by atoms with Crippen LogP contribution in [0.15, 0.2) is 60.7 Å². The molecule has 29 heavy (non-hydrogen) atoms. The summed E-state index contributed by atoms with van der Waals surface area (Å²) in [7, 11) is 0. The van der Waals surface area contributed by atoms with Gasteiger partial charge in [0, 0.05) is 18.5 Å². The molecule has 0 unspecified atom stereocenters. The smallest absolute Gasteiger partial charge is 0.240 e. The van der Waals surface area contributed by atoms with E-state index in [1.165, 1.54) is 24.0 Å². The summed E-state index contributed by atoms with van der Waals surface area (Å²) in [6.45, 7) is 2.48. The van der Waals surface area contributed by atoms with Crippen molar-refractivity contribution in [1.29, 1.82) is 0 Å². The first-order chi connectivity index (χ1) is 14.3. The van der Waals surface area contributed by atoms with Crippen LogP contribution in [-0.2, 0) is 11.3 Å². The van der Waals surface area contributed by atoms with E-state index in [4.69, 9.17) is 0 Å². The highest BCUT2D eigenvalue weighted by Crippen LogP contribution is 2.33. The average Bonchev–Trinajstić information content (AvgIpc) is 2.80. The maximum absolute atomic E-state index is 13.6. The van der Waals surface area contributed by atoms with Crippen LogP contribution in [0.1, 0.15) is 55.6 Å². The Labute approximate surface area is 174 Å². The highest BCUT2D eigenvalue weighted by atomic mass is 16.2. The standard InChI is InChI=1S/C25H33N3O/c29-24(28-23-14-8-7-13-22(23)21-11-5-2-6-12-21)25(15-17-26-18-16-25)27-19-20-9-3-1-4-10-20/h1-6,9-12,22-23,26-27H,7-8,13-19H2,(H,28,29)/t22-,23-/m1/s1. The SMILES string of the molecule is O=C(N[C@@H]1CCCC[C@@H]1c1ccccc1)C1(NCc2ccccc2)CCNCC1. The molecule has 0 spiro atoms. The van der Waals surface area contributed by atoms with Crippen molar-refractivity contribution in [2.75, 3.05) is 13.1 Å². The fourth-order valence-electron chi connectivity index (χ4n) is 4.91. The molecular formula is C25H33N3O. The summed E-state index contributed by atoms with van der Waals surface area (Å²) in [6, 6.07) is 21.3. The highest BCUT2D eigenvalue weighted by molar-refractivity contribution is 5.87. The number of nitrogens with one attached hydrogen (secondary N) is 3. The van der Waals surface area contributed by atoms with Crippen molar-refractivity contribution in [1.82, 2.24) is 16.0 Å². The second kappa shape index (κ2) is 9.55. The first-order valence-corrected chi connectivity index (χ1v) is 11.1. The molecule has 4 heteroatoms. The van der Waals surface area contributed by atoms with Gasteiger partial charge in [-0.2, -0.15) is 0 Å². The van der Waals surface area contributed by atoms with Crippen LogP contribution < -0.4 is 16.0 Å². The van der Waals surface area contributed by atoms with Gasteiger partial charge in [0.2, 0.25) is 5.91 Å². The van der Waals surface area contributed by atoms with E-state index in [9.17, 15) is 4.79 Å². The molecule has 1 heterocycles. The lowest BCUT2D eigenvalue weighted by molar-refractivity contribution is -0.130. The van der Waals surface area contributed by atoms with E-state index in [1.54, 1.807) is 0 Å². The van der Waals surface area contributed by atoms with Gasteiger partial charge in [0.05, 0.1) is 0 Å². The van der Waals surface area contributed by atoms with Crippen LogP contribution in [0.2, 0.25) is 0 Å². The van der Waals surface area contributed by atoms with Gasteiger partial charge in [-0.1, -0.05) is 73.5 Å². The van der Waals surface area contributed by atoms with Crippen LogP contribution in [0.5, 0.6) is 0 Å². The summed E-state index contributed by atoms with van der Waals surface area (Å²) in [4.78, 5) is 13.6. The molecule has 0 aromatic heterocycles. The summed E-state index contributed by atoms with van der Waals surface area (Å²) in [5, 5.41) is 10.5. The molecule has 1 aliphatic heterocycles. The maximum atomic E-state index is 13.6. The fourth-order valence-corrected chi connectivity index (χ4v) is 4.91. The van der Waals surface area contributed by atoms with Crippen molar-refractivity contribution >= 4 is 5.91 Å². The van der Waals surface area contributed by atoms with Gasteiger partial charge in [-0.25, -0.2) is 0 Å².